The van der Waals surface area contributed by atoms with E-state index >= 15 is 0 Å². The first kappa shape index (κ1) is 19.1. The molecule has 1 saturated carbocycles. The van der Waals surface area contributed by atoms with E-state index in [0.717, 1.165) is 31.2 Å². The smallest absolute Gasteiger partial charge is 0.338 e. The summed E-state index contributed by atoms with van der Waals surface area (Å²) in [5, 5.41) is 0. The number of esters is 1. The molecule has 0 aromatic heterocycles. The highest BCUT2D eigenvalue weighted by atomic mass is 16.5. The Hall–Kier alpha value is -2.24. The van der Waals surface area contributed by atoms with E-state index in [1.165, 1.54) is 20.6 Å². The van der Waals surface area contributed by atoms with Crippen LogP contribution >= 0.6 is 0 Å². The number of carbonyl (C=O) groups is 2. The highest BCUT2D eigenvalue weighted by Crippen LogP contribution is 2.29. The number of carbonyl (C=O) groups excluding carboxylic acids is 2. The lowest BCUT2D eigenvalue weighted by Gasteiger charge is -2.31. The minimum absolute atomic E-state index is 0.175. The van der Waals surface area contributed by atoms with E-state index in [0.29, 0.717) is 17.1 Å². The fraction of sp³-hybridized carbons (Fsp3) is 0.579. The third-order valence-electron chi connectivity index (χ3n) is 4.83. The minimum atomic E-state index is -0.568. The van der Waals surface area contributed by atoms with E-state index in [2.05, 4.69) is 0 Å². The summed E-state index contributed by atoms with van der Waals surface area (Å²) in [6.45, 7) is 1.58. The molecular weight excluding hydrogens is 322 g/mol. The summed E-state index contributed by atoms with van der Waals surface area (Å²) < 4.78 is 15.7. The molecule has 1 fully saturated rings. The number of hydrogen-bond donors (Lipinski definition) is 0. The second-order valence-electron chi connectivity index (χ2n) is 6.38. The van der Waals surface area contributed by atoms with Gasteiger partial charge in [0.1, 0.15) is 11.5 Å². The number of likely N-dealkylation sites (N-methyl/N-ethyl adjacent to an activating group) is 1. The second-order valence-corrected chi connectivity index (χ2v) is 6.38. The molecule has 2 rings (SSSR count). The molecule has 6 nitrogen and oxygen atoms in total. The van der Waals surface area contributed by atoms with Crippen LogP contribution in [0.1, 0.15) is 48.0 Å². The summed E-state index contributed by atoms with van der Waals surface area (Å²) in [4.78, 5) is 26.3. The first-order valence-corrected chi connectivity index (χ1v) is 8.63. The van der Waals surface area contributed by atoms with Gasteiger partial charge < -0.3 is 19.1 Å². The molecule has 0 atom stereocenters. The maximum atomic E-state index is 12.3. The van der Waals surface area contributed by atoms with E-state index in [1.807, 2.05) is 6.92 Å². The zero-order valence-electron chi connectivity index (χ0n) is 15.5. The molecule has 1 aliphatic rings. The fourth-order valence-electron chi connectivity index (χ4n) is 3.19. The van der Waals surface area contributed by atoms with Gasteiger partial charge in [-0.1, -0.05) is 19.3 Å². The quantitative estimate of drug-likeness (QED) is 0.739. The van der Waals surface area contributed by atoms with Gasteiger partial charge in [0, 0.05) is 18.7 Å². The van der Waals surface area contributed by atoms with Gasteiger partial charge in [0.2, 0.25) is 0 Å². The van der Waals surface area contributed by atoms with Crippen molar-refractivity contribution in [2.24, 2.45) is 0 Å². The van der Waals surface area contributed by atoms with E-state index in [-0.39, 0.29) is 18.6 Å². The monoisotopic (exact) mass is 349 g/mol. The topological polar surface area (TPSA) is 65.1 Å². The number of methoxy groups -OCH3 is 2. The van der Waals surface area contributed by atoms with E-state index in [9.17, 15) is 9.59 Å². The standard InChI is InChI=1S/C19H27NO5/c1-13-16(23-3)10-14(11-17(13)24-4)19(22)25-12-18(21)20(2)15-8-6-5-7-9-15/h10-11,15H,5-9,12H2,1-4H3. The number of nitrogens with zero attached hydrogens (tertiary/aromatic N) is 1. The molecule has 0 saturated heterocycles. The number of rotatable bonds is 6. The van der Waals surface area contributed by atoms with Crippen LogP contribution in [0.2, 0.25) is 0 Å². The average Bonchev–Trinajstić information content (AvgIpc) is 2.66. The van der Waals surface area contributed by atoms with Crippen LogP contribution in [-0.4, -0.2) is 50.7 Å². The van der Waals surface area contributed by atoms with Crippen molar-refractivity contribution in [1.29, 1.82) is 0 Å². The Morgan fingerprint density at radius 1 is 1.08 bits per heavy atom. The lowest BCUT2D eigenvalue weighted by atomic mass is 9.94. The van der Waals surface area contributed by atoms with Crippen LogP contribution in [0.25, 0.3) is 0 Å². The minimum Gasteiger partial charge on any atom is -0.496 e. The molecule has 1 aromatic carbocycles. The maximum Gasteiger partial charge on any atom is 0.338 e. The van der Waals surface area contributed by atoms with Crippen molar-refractivity contribution in [2.75, 3.05) is 27.9 Å². The van der Waals surface area contributed by atoms with Crippen LogP contribution in [0, 0.1) is 6.92 Å². The number of ether oxygens (including phenoxy) is 3. The highest BCUT2D eigenvalue weighted by Gasteiger charge is 2.23. The molecule has 0 radical (unpaired) electrons. The Balaban J connectivity index is 1.98. The zero-order valence-corrected chi connectivity index (χ0v) is 15.5. The molecule has 138 valence electrons. The SMILES string of the molecule is COc1cc(C(=O)OCC(=O)N(C)C2CCCCC2)cc(OC)c1C. The van der Waals surface area contributed by atoms with Crippen LogP contribution in [0.4, 0.5) is 0 Å². The van der Waals surface area contributed by atoms with Gasteiger partial charge in [0.25, 0.3) is 5.91 Å². The van der Waals surface area contributed by atoms with Crippen LogP contribution in [0.3, 0.4) is 0 Å². The van der Waals surface area contributed by atoms with Crippen molar-refractivity contribution in [2.45, 2.75) is 45.1 Å². The van der Waals surface area contributed by atoms with Crippen molar-refractivity contribution in [3.05, 3.63) is 23.3 Å². The van der Waals surface area contributed by atoms with Crippen molar-refractivity contribution in [1.82, 2.24) is 4.90 Å². The van der Waals surface area contributed by atoms with Gasteiger partial charge in [-0.15, -0.1) is 0 Å². The predicted octanol–water partition coefficient (Wildman–Crippen LogP) is 2.96. The van der Waals surface area contributed by atoms with Crippen molar-refractivity contribution < 1.29 is 23.8 Å². The Labute approximate surface area is 149 Å². The molecule has 0 unspecified atom stereocenters. The van der Waals surface area contributed by atoms with Crippen molar-refractivity contribution in [3.8, 4) is 11.5 Å². The lowest BCUT2D eigenvalue weighted by Crippen LogP contribution is -2.40. The number of amides is 1. The zero-order chi connectivity index (χ0) is 18.4. The van der Waals surface area contributed by atoms with Crippen LogP contribution < -0.4 is 9.47 Å². The van der Waals surface area contributed by atoms with Crippen molar-refractivity contribution >= 4 is 11.9 Å². The summed E-state index contributed by atoms with van der Waals surface area (Å²) in [7, 11) is 4.84. The van der Waals surface area contributed by atoms with Gasteiger partial charge >= 0.3 is 5.97 Å². The molecule has 0 spiro atoms. The summed E-state index contributed by atoms with van der Waals surface area (Å²) >= 11 is 0. The van der Waals surface area contributed by atoms with Crippen LogP contribution in [0.5, 0.6) is 11.5 Å². The third kappa shape index (κ3) is 4.65. The molecule has 6 heteroatoms. The number of hydrogen-bond acceptors (Lipinski definition) is 5. The molecule has 0 bridgehead atoms. The normalized spacial score (nSPS) is 14.7. The Morgan fingerprint density at radius 2 is 1.64 bits per heavy atom. The largest absolute Gasteiger partial charge is 0.496 e. The van der Waals surface area contributed by atoms with E-state index in [1.54, 1.807) is 24.1 Å². The summed E-state index contributed by atoms with van der Waals surface area (Å²) in [6, 6.07) is 3.44. The Morgan fingerprint density at radius 3 is 2.16 bits per heavy atom. The second kappa shape index (κ2) is 8.74. The molecule has 1 aliphatic carbocycles. The molecule has 1 amide bonds. The summed E-state index contributed by atoms with van der Waals surface area (Å²) in [5.74, 6) is 0.335. The maximum absolute atomic E-state index is 12.3. The van der Waals surface area contributed by atoms with Crippen molar-refractivity contribution in [3.63, 3.8) is 0 Å². The molecule has 0 aliphatic heterocycles. The molecular formula is C19H27NO5. The lowest BCUT2D eigenvalue weighted by molar-refractivity contribution is -0.135. The summed E-state index contributed by atoms with van der Waals surface area (Å²) in [6.07, 6.45) is 5.55. The highest BCUT2D eigenvalue weighted by molar-refractivity contribution is 5.92. The van der Waals surface area contributed by atoms with Gasteiger partial charge in [-0.3, -0.25) is 4.79 Å². The molecule has 25 heavy (non-hydrogen) atoms. The van der Waals surface area contributed by atoms with E-state index < -0.39 is 5.97 Å². The average molecular weight is 349 g/mol. The molecule has 1 aromatic rings. The molecule has 0 N–H and O–H groups in total. The first-order chi connectivity index (χ1) is 12.0. The van der Waals surface area contributed by atoms with Gasteiger partial charge in [0.15, 0.2) is 6.61 Å². The molecule has 0 heterocycles. The van der Waals surface area contributed by atoms with Gasteiger partial charge in [-0.2, -0.15) is 0 Å². The summed E-state index contributed by atoms with van der Waals surface area (Å²) in [5.41, 5.74) is 1.10. The van der Waals surface area contributed by atoms with Gasteiger partial charge in [0.05, 0.1) is 19.8 Å². The number of benzene rings is 1. The Kier molecular flexibility index (Phi) is 6.67. The van der Waals surface area contributed by atoms with Crippen LogP contribution in [0.15, 0.2) is 12.1 Å². The predicted molar refractivity (Wildman–Crippen MR) is 94.2 cm³/mol. The third-order valence-corrected chi connectivity index (χ3v) is 4.83. The van der Waals surface area contributed by atoms with E-state index in [4.69, 9.17) is 14.2 Å². The van der Waals surface area contributed by atoms with Gasteiger partial charge in [-0.05, 0) is 31.9 Å². The fourth-order valence-corrected chi connectivity index (χ4v) is 3.19. The Bertz CT molecular complexity index is 597. The first-order valence-electron chi connectivity index (χ1n) is 8.63. The van der Waals surface area contributed by atoms with Crippen LogP contribution in [-0.2, 0) is 9.53 Å². The van der Waals surface area contributed by atoms with Gasteiger partial charge in [-0.25, -0.2) is 4.79 Å².